The van der Waals surface area contributed by atoms with Crippen molar-refractivity contribution >= 4 is 16.0 Å². The minimum Gasteiger partial charge on any atom is -0.459 e. The van der Waals surface area contributed by atoms with Gasteiger partial charge in [0.1, 0.15) is 11.6 Å². The van der Waals surface area contributed by atoms with Gasteiger partial charge in [-0.25, -0.2) is 8.42 Å². The topological polar surface area (TPSA) is 116 Å². The number of aromatic nitrogens is 4. The van der Waals surface area contributed by atoms with E-state index in [2.05, 4.69) is 53.0 Å². The molecule has 9 nitrogen and oxygen atoms in total. The maximum absolute atomic E-state index is 13.1. The van der Waals surface area contributed by atoms with Crippen molar-refractivity contribution in [1.82, 2.24) is 24.9 Å². The predicted octanol–water partition coefficient (Wildman–Crippen LogP) is 5.57. The lowest BCUT2D eigenvalue weighted by Gasteiger charge is -2.26. The standard InChI is InChI=1S/C31H37N5O4S/c1-19(2)28(30(37)40-31(6,7)8)34-41(38,39)26-15-11-24(12-16-26)29-32-35-36(33-29)25-13-9-23(10-14-25)27-21(4)17-20(3)18-22(27)5/h9-19,28,34H,1-8H3/t28-/m1/s1. The number of benzene rings is 3. The highest BCUT2D eigenvalue weighted by Gasteiger charge is 2.32. The molecule has 1 atom stereocenters. The van der Waals surface area contributed by atoms with Crippen molar-refractivity contribution in [3.05, 3.63) is 77.4 Å². The molecule has 1 aromatic heterocycles. The molecule has 1 heterocycles. The number of hydrogen-bond acceptors (Lipinski definition) is 7. The van der Waals surface area contributed by atoms with Crippen LogP contribution >= 0.6 is 0 Å². The number of hydrogen-bond donors (Lipinski definition) is 1. The average Bonchev–Trinajstić information content (AvgIpc) is 3.36. The van der Waals surface area contributed by atoms with Gasteiger partial charge in [0, 0.05) is 5.56 Å². The fraction of sp³-hybridized carbons (Fsp3) is 0.355. The van der Waals surface area contributed by atoms with Gasteiger partial charge in [-0.2, -0.15) is 4.72 Å². The van der Waals surface area contributed by atoms with Crippen LogP contribution in [0.1, 0.15) is 51.3 Å². The Bertz CT molecular complexity index is 1630. The number of carbonyl (C=O) groups excluding carboxylic acids is 1. The smallest absolute Gasteiger partial charge is 0.324 e. The van der Waals surface area contributed by atoms with E-state index in [1.807, 2.05) is 24.3 Å². The number of sulfonamides is 1. The van der Waals surface area contributed by atoms with E-state index < -0.39 is 27.6 Å². The van der Waals surface area contributed by atoms with Crippen LogP contribution in [0.4, 0.5) is 0 Å². The SMILES string of the molecule is Cc1cc(C)c(-c2ccc(-n3nnc(-c4ccc(S(=O)(=O)N[C@@H](C(=O)OC(C)(C)C)C(C)C)cc4)n3)cc2)c(C)c1. The van der Waals surface area contributed by atoms with Gasteiger partial charge in [0.25, 0.3) is 0 Å². The summed E-state index contributed by atoms with van der Waals surface area (Å²) in [6.45, 7) is 15.1. The molecule has 10 heteroatoms. The monoisotopic (exact) mass is 575 g/mol. The first-order chi connectivity index (χ1) is 19.1. The summed E-state index contributed by atoms with van der Waals surface area (Å²) in [7, 11) is -3.99. The normalized spacial score (nSPS) is 12.9. The zero-order valence-corrected chi connectivity index (χ0v) is 25.6. The molecule has 4 rings (SSSR count). The van der Waals surface area contributed by atoms with Gasteiger partial charge in [0.2, 0.25) is 15.8 Å². The second kappa shape index (κ2) is 11.5. The molecular weight excluding hydrogens is 538 g/mol. The van der Waals surface area contributed by atoms with E-state index in [4.69, 9.17) is 4.74 Å². The van der Waals surface area contributed by atoms with Crippen LogP contribution in [0.5, 0.6) is 0 Å². The van der Waals surface area contributed by atoms with E-state index in [9.17, 15) is 13.2 Å². The van der Waals surface area contributed by atoms with E-state index in [-0.39, 0.29) is 10.8 Å². The second-order valence-corrected chi connectivity index (χ2v) is 13.3. The molecule has 0 saturated carbocycles. The minimum absolute atomic E-state index is 0.0140. The lowest BCUT2D eigenvalue weighted by atomic mass is 9.94. The summed E-state index contributed by atoms with van der Waals surface area (Å²) in [5.41, 5.74) is 6.63. The molecule has 0 fully saturated rings. The molecule has 0 unspecified atom stereocenters. The Kier molecular flexibility index (Phi) is 8.46. The molecule has 0 amide bonds. The first kappa shape index (κ1) is 30.1. The average molecular weight is 576 g/mol. The highest BCUT2D eigenvalue weighted by Crippen LogP contribution is 2.29. The zero-order valence-electron chi connectivity index (χ0n) is 24.8. The highest BCUT2D eigenvalue weighted by atomic mass is 32.2. The number of carbonyl (C=O) groups is 1. The summed E-state index contributed by atoms with van der Waals surface area (Å²) >= 11 is 0. The van der Waals surface area contributed by atoms with Crippen molar-refractivity contribution in [3.8, 4) is 28.2 Å². The lowest BCUT2D eigenvalue weighted by Crippen LogP contribution is -2.47. The number of nitrogens with one attached hydrogen (secondary N) is 1. The Hall–Kier alpha value is -3.89. The molecule has 4 aromatic rings. The molecule has 216 valence electrons. The van der Waals surface area contributed by atoms with Crippen LogP contribution in [0, 0.1) is 26.7 Å². The molecule has 1 N–H and O–H groups in total. The van der Waals surface area contributed by atoms with Crippen LogP contribution in [0.15, 0.2) is 65.6 Å². The number of rotatable bonds is 8. The van der Waals surface area contributed by atoms with Gasteiger partial charge in [-0.3, -0.25) is 4.79 Å². The van der Waals surface area contributed by atoms with Crippen molar-refractivity contribution in [2.24, 2.45) is 5.92 Å². The van der Waals surface area contributed by atoms with E-state index in [1.165, 1.54) is 39.2 Å². The quantitative estimate of drug-likeness (QED) is 0.273. The summed E-state index contributed by atoms with van der Waals surface area (Å²) in [6, 6.07) is 17.4. The van der Waals surface area contributed by atoms with Crippen molar-refractivity contribution in [2.75, 3.05) is 0 Å². The van der Waals surface area contributed by atoms with Crippen LogP contribution in [-0.4, -0.2) is 46.2 Å². The summed E-state index contributed by atoms with van der Waals surface area (Å²) in [4.78, 5) is 14.1. The van der Waals surface area contributed by atoms with Gasteiger partial charge in [0.05, 0.1) is 10.6 Å². The van der Waals surface area contributed by atoms with Crippen molar-refractivity contribution in [1.29, 1.82) is 0 Å². The third-order valence-corrected chi connectivity index (χ3v) is 7.97. The fourth-order valence-electron chi connectivity index (χ4n) is 4.68. The number of ether oxygens (including phenoxy) is 1. The highest BCUT2D eigenvalue weighted by molar-refractivity contribution is 7.89. The van der Waals surface area contributed by atoms with Gasteiger partial charge in [-0.05, 0) is 111 Å². The largest absolute Gasteiger partial charge is 0.459 e. The van der Waals surface area contributed by atoms with Gasteiger partial charge in [0.15, 0.2) is 0 Å². The predicted molar refractivity (Wildman–Crippen MR) is 159 cm³/mol. The Morgan fingerprint density at radius 3 is 2.00 bits per heavy atom. The van der Waals surface area contributed by atoms with Crippen LogP contribution in [0.3, 0.4) is 0 Å². The van der Waals surface area contributed by atoms with Crippen LogP contribution < -0.4 is 4.72 Å². The molecule has 0 aliphatic rings. The first-order valence-electron chi connectivity index (χ1n) is 13.5. The second-order valence-electron chi connectivity index (χ2n) is 11.6. The van der Waals surface area contributed by atoms with E-state index >= 15 is 0 Å². The summed E-state index contributed by atoms with van der Waals surface area (Å²) in [6.07, 6.45) is 0. The summed E-state index contributed by atoms with van der Waals surface area (Å²) in [5, 5.41) is 12.8. The lowest BCUT2D eigenvalue weighted by molar-refractivity contribution is -0.158. The van der Waals surface area contributed by atoms with E-state index in [0.29, 0.717) is 11.4 Å². The number of nitrogens with zero attached hydrogens (tertiary/aromatic N) is 4. The summed E-state index contributed by atoms with van der Waals surface area (Å²) < 4.78 is 34.1. The Morgan fingerprint density at radius 1 is 0.902 bits per heavy atom. The number of esters is 1. The van der Waals surface area contributed by atoms with E-state index in [1.54, 1.807) is 46.8 Å². The first-order valence-corrected chi connectivity index (χ1v) is 15.0. The van der Waals surface area contributed by atoms with Crippen molar-refractivity contribution < 1.29 is 17.9 Å². The molecular formula is C31H37N5O4S. The van der Waals surface area contributed by atoms with Crippen LogP contribution in [0.25, 0.3) is 28.2 Å². The molecule has 0 spiro atoms. The number of aryl methyl sites for hydroxylation is 3. The van der Waals surface area contributed by atoms with E-state index in [0.717, 1.165) is 11.3 Å². The molecule has 0 saturated heterocycles. The summed E-state index contributed by atoms with van der Waals surface area (Å²) in [5.74, 6) is -0.576. The molecule has 0 bridgehead atoms. The zero-order chi connectivity index (χ0) is 30.1. The maximum Gasteiger partial charge on any atom is 0.324 e. The molecule has 0 aliphatic heterocycles. The molecule has 41 heavy (non-hydrogen) atoms. The minimum atomic E-state index is -3.99. The Labute approximate surface area is 242 Å². The number of tetrazole rings is 1. The molecule has 3 aromatic carbocycles. The van der Waals surface area contributed by atoms with Crippen molar-refractivity contribution in [3.63, 3.8) is 0 Å². The van der Waals surface area contributed by atoms with Crippen LogP contribution in [-0.2, 0) is 19.6 Å². The van der Waals surface area contributed by atoms with Gasteiger partial charge < -0.3 is 4.74 Å². The Balaban J connectivity index is 1.51. The molecule has 0 aliphatic carbocycles. The van der Waals surface area contributed by atoms with Gasteiger partial charge in [-0.15, -0.1) is 15.0 Å². The molecule has 0 radical (unpaired) electrons. The van der Waals surface area contributed by atoms with Crippen molar-refractivity contribution in [2.45, 2.75) is 71.9 Å². The van der Waals surface area contributed by atoms with Crippen LogP contribution in [0.2, 0.25) is 0 Å². The maximum atomic E-state index is 13.1. The van der Waals surface area contributed by atoms with Gasteiger partial charge in [-0.1, -0.05) is 43.7 Å². The third kappa shape index (κ3) is 7.07. The fourth-order valence-corrected chi connectivity index (χ4v) is 6.01. The third-order valence-electron chi connectivity index (χ3n) is 6.51. The van der Waals surface area contributed by atoms with Gasteiger partial charge >= 0.3 is 5.97 Å². The Morgan fingerprint density at radius 2 is 1.46 bits per heavy atom.